The van der Waals surface area contributed by atoms with Crippen molar-refractivity contribution in [2.24, 2.45) is 17.8 Å². The van der Waals surface area contributed by atoms with Gasteiger partial charge in [0.1, 0.15) is 0 Å². The molecule has 3 unspecified atom stereocenters. The van der Waals surface area contributed by atoms with E-state index in [1.54, 1.807) is 0 Å². The summed E-state index contributed by atoms with van der Waals surface area (Å²) in [5.41, 5.74) is 0. The zero-order chi connectivity index (χ0) is 11.8. The molecule has 1 fully saturated rings. The van der Waals surface area contributed by atoms with Crippen molar-refractivity contribution < 1.29 is 0 Å². The Morgan fingerprint density at radius 2 is 2.12 bits per heavy atom. The molecule has 3 atom stereocenters. The molecule has 1 aliphatic carbocycles. The Hall–Kier alpha value is -0.300. The van der Waals surface area contributed by atoms with Gasteiger partial charge in [-0.05, 0) is 62.9 Å². The fraction of sp³-hybridized carbons (Fsp3) is 0.867. The molecular formula is C15H29N. The molecule has 16 heavy (non-hydrogen) atoms. The molecular weight excluding hydrogens is 194 g/mol. The highest BCUT2D eigenvalue weighted by Crippen LogP contribution is 2.36. The molecule has 94 valence electrons. The minimum Gasteiger partial charge on any atom is -0.317 e. The van der Waals surface area contributed by atoms with E-state index in [1.807, 2.05) is 0 Å². The number of unbranched alkanes of at least 4 members (excludes halogenated alkanes) is 1. The minimum atomic E-state index is 0.931. The van der Waals surface area contributed by atoms with E-state index in [2.05, 4.69) is 31.8 Å². The quantitative estimate of drug-likeness (QED) is 0.508. The molecule has 1 heteroatoms. The van der Waals surface area contributed by atoms with Crippen molar-refractivity contribution in [3.05, 3.63) is 12.7 Å². The predicted octanol–water partition coefficient (Wildman–Crippen LogP) is 4.00. The van der Waals surface area contributed by atoms with Crippen LogP contribution >= 0.6 is 0 Å². The second-order valence-electron chi connectivity index (χ2n) is 5.47. The fourth-order valence-electron chi connectivity index (χ4n) is 3.04. The number of nitrogens with one attached hydrogen (secondary N) is 1. The van der Waals surface area contributed by atoms with E-state index in [-0.39, 0.29) is 0 Å². The van der Waals surface area contributed by atoms with Crippen molar-refractivity contribution in [2.75, 3.05) is 13.1 Å². The van der Waals surface area contributed by atoms with Crippen LogP contribution in [0.1, 0.15) is 52.4 Å². The maximum atomic E-state index is 3.81. The third kappa shape index (κ3) is 4.69. The molecule has 0 saturated heterocycles. The molecule has 1 aliphatic rings. The second kappa shape index (κ2) is 7.89. The molecule has 0 aromatic heterocycles. The van der Waals surface area contributed by atoms with Crippen LogP contribution in [0.5, 0.6) is 0 Å². The van der Waals surface area contributed by atoms with Gasteiger partial charge in [0.2, 0.25) is 0 Å². The van der Waals surface area contributed by atoms with Gasteiger partial charge >= 0.3 is 0 Å². The Balaban J connectivity index is 2.34. The summed E-state index contributed by atoms with van der Waals surface area (Å²) in [5, 5.41) is 3.53. The maximum absolute atomic E-state index is 3.81. The summed E-state index contributed by atoms with van der Waals surface area (Å²) in [4.78, 5) is 0. The standard InChI is InChI=1S/C15H29N/c1-4-6-7-8-14-11-13(3)9-10-15(14)12-16-5-2/h4,13-16H,1,5-12H2,2-3H3. The summed E-state index contributed by atoms with van der Waals surface area (Å²) < 4.78 is 0. The van der Waals surface area contributed by atoms with Gasteiger partial charge in [-0.3, -0.25) is 0 Å². The van der Waals surface area contributed by atoms with Crippen molar-refractivity contribution in [3.8, 4) is 0 Å². The van der Waals surface area contributed by atoms with E-state index in [0.717, 1.165) is 24.3 Å². The lowest BCUT2D eigenvalue weighted by molar-refractivity contribution is 0.173. The van der Waals surface area contributed by atoms with Crippen LogP contribution in [0.25, 0.3) is 0 Å². The third-order valence-corrected chi connectivity index (χ3v) is 4.04. The van der Waals surface area contributed by atoms with Gasteiger partial charge in [-0.15, -0.1) is 6.58 Å². The van der Waals surface area contributed by atoms with E-state index in [1.165, 1.54) is 45.1 Å². The maximum Gasteiger partial charge on any atom is -0.00180 e. The Labute approximate surface area is 102 Å². The Kier molecular flexibility index (Phi) is 6.79. The summed E-state index contributed by atoms with van der Waals surface area (Å²) in [7, 11) is 0. The van der Waals surface area contributed by atoms with Crippen molar-refractivity contribution in [3.63, 3.8) is 0 Å². The smallest absolute Gasteiger partial charge is 0.00180 e. The fourth-order valence-corrected chi connectivity index (χ4v) is 3.04. The van der Waals surface area contributed by atoms with E-state index in [0.29, 0.717) is 0 Å². The van der Waals surface area contributed by atoms with E-state index in [4.69, 9.17) is 0 Å². The summed E-state index contributed by atoms with van der Waals surface area (Å²) in [6.07, 6.45) is 10.3. The average Bonchev–Trinajstić information content (AvgIpc) is 2.28. The van der Waals surface area contributed by atoms with Gasteiger partial charge in [0.05, 0.1) is 0 Å². The molecule has 0 aliphatic heterocycles. The highest BCUT2D eigenvalue weighted by Gasteiger charge is 2.27. The van der Waals surface area contributed by atoms with Crippen molar-refractivity contribution in [1.82, 2.24) is 5.32 Å². The highest BCUT2D eigenvalue weighted by molar-refractivity contribution is 4.80. The lowest BCUT2D eigenvalue weighted by Gasteiger charge is -2.35. The molecule has 0 bridgehead atoms. The monoisotopic (exact) mass is 223 g/mol. The van der Waals surface area contributed by atoms with Crippen LogP contribution < -0.4 is 5.32 Å². The summed E-state index contributed by atoms with van der Waals surface area (Å²) in [6, 6.07) is 0. The first-order valence-electron chi connectivity index (χ1n) is 7.09. The van der Waals surface area contributed by atoms with Crippen LogP contribution in [0.3, 0.4) is 0 Å². The molecule has 1 rings (SSSR count). The van der Waals surface area contributed by atoms with Crippen molar-refractivity contribution >= 4 is 0 Å². The van der Waals surface area contributed by atoms with Crippen molar-refractivity contribution in [2.45, 2.75) is 52.4 Å². The highest BCUT2D eigenvalue weighted by atomic mass is 14.8. The zero-order valence-electron chi connectivity index (χ0n) is 11.2. The van der Waals surface area contributed by atoms with Gasteiger partial charge in [0.15, 0.2) is 0 Å². The topological polar surface area (TPSA) is 12.0 Å². The first kappa shape index (κ1) is 13.8. The lowest BCUT2D eigenvalue weighted by atomic mass is 9.72. The van der Waals surface area contributed by atoms with Gasteiger partial charge in [-0.1, -0.05) is 26.3 Å². The van der Waals surface area contributed by atoms with Crippen LogP contribution in [0.15, 0.2) is 12.7 Å². The SMILES string of the molecule is C=CCCCC1CC(C)CCC1CNCC. The normalized spacial score (nSPS) is 30.2. The van der Waals surface area contributed by atoms with Gasteiger partial charge < -0.3 is 5.32 Å². The Bertz CT molecular complexity index is 186. The number of rotatable bonds is 7. The summed E-state index contributed by atoms with van der Waals surface area (Å²) in [6.45, 7) is 10.8. The molecule has 0 amide bonds. The first-order chi connectivity index (χ1) is 7.77. The molecule has 0 radical (unpaired) electrons. The minimum absolute atomic E-state index is 0.931. The second-order valence-corrected chi connectivity index (χ2v) is 5.47. The average molecular weight is 223 g/mol. The Morgan fingerprint density at radius 1 is 1.31 bits per heavy atom. The van der Waals surface area contributed by atoms with Crippen LogP contribution in [0, 0.1) is 17.8 Å². The Morgan fingerprint density at radius 3 is 2.81 bits per heavy atom. The van der Waals surface area contributed by atoms with E-state index in [9.17, 15) is 0 Å². The van der Waals surface area contributed by atoms with Crippen LogP contribution in [-0.4, -0.2) is 13.1 Å². The first-order valence-corrected chi connectivity index (χ1v) is 7.09. The third-order valence-electron chi connectivity index (χ3n) is 4.04. The molecule has 0 heterocycles. The number of hydrogen-bond acceptors (Lipinski definition) is 1. The van der Waals surface area contributed by atoms with Crippen LogP contribution in [-0.2, 0) is 0 Å². The van der Waals surface area contributed by atoms with Gasteiger partial charge in [0, 0.05) is 0 Å². The lowest BCUT2D eigenvalue weighted by Crippen LogP contribution is -2.32. The summed E-state index contributed by atoms with van der Waals surface area (Å²) in [5.74, 6) is 2.84. The molecule has 0 aromatic rings. The number of hydrogen-bond donors (Lipinski definition) is 1. The molecule has 1 saturated carbocycles. The summed E-state index contributed by atoms with van der Waals surface area (Å²) >= 11 is 0. The van der Waals surface area contributed by atoms with Crippen LogP contribution in [0.2, 0.25) is 0 Å². The van der Waals surface area contributed by atoms with Gasteiger partial charge in [-0.25, -0.2) is 0 Å². The van der Waals surface area contributed by atoms with Gasteiger partial charge in [0.25, 0.3) is 0 Å². The van der Waals surface area contributed by atoms with Crippen molar-refractivity contribution in [1.29, 1.82) is 0 Å². The van der Waals surface area contributed by atoms with E-state index >= 15 is 0 Å². The molecule has 0 aromatic carbocycles. The zero-order valence-corrected chi connectivity index (χ0v) is 11.2. The van der Waals surface area contributed by atoms with Gasteiger partial charge in [-0.2, -0.15) is 0 Å². The van der Waals surface area contributed by atoms with E-state index < -0.39 is 0 Å². The molecule has 0 spiro atoms. The largest absolute Gasteiger partial charge is 0.317 e. The number of allylic oxidation sites excluding steroid dienone is 1. The molecule has 1 N–H and O–H groups in total. The molecule has 1 nitrogen and oxygen atoms in total. The van der Waals surface area contributed by atoms with Crippen LogP contribution in [0.4, 0.5) is 0 Å². The predicted molar refractivity (Wildman–Crippen MR) is 72.6 cm³/mol.